The molecule has 5 nitrogen and oxygen atoms in total. The van der Waals surface area contributed by atoms with Gasteiger partial charge in [-0.15, -0.1) is 0 Å². The molecule has 74 valence electrons. The molecule has 0 unspecified atom stereocenters. The Morgan fingerprint density at radius 3 is 2.00 bits per heavy atom. The topological polar surface area (TPSA) is 48.9 Å². The normalized spacial score (nSPS) is 10.7. The van der Waals surface area contributed by atoms with Gasteiger partial charge in [-0.25, -0.2) is 23.5 Å². The number of hydrogen-bond donors (Lipinski definition) is 0. The molecule has 6 heteroatoms. The van der Waals surface area contributed by atoms with Crippen LogP contribution in [0.5, 0.6) is 0 Å². The first-order valence-electron chi connectivity index (χ1n) is 3.98. The minimum atomic E-state index is -0.523. The number of rotatable bonds is 3. The molecule has 0 saturated carbocycles. The van der Waals surface area contributed by atoms with Gasteiger partial charge < -0.3 is 0 Å². The fraction of sp³-hybridized carbons (Fsp3) is 0.714. The minimum absolute atomic E-state index is 0.142. The maximum atomic E-state index is 11.8. The predicted octanol–water partition coefficient (Wildman–Crippen LogP) is -0.755. The maximum Gasteiger partial charge on any atom is 0.346 e. The summed E-state index contributed by atoms with van der Waals surface area (Å²) in [6.45, 7) is -0.382. The van der Waals surface area contributed by atoms with Gasteiger partial charge in [-0.3, -0.25) is 4.39 Å². The average molecular weight is 189 g/mol. The summed E-state index contributed by atoms with van der Waals surface area (Å²) in [5, 5.41) is 0. The van der Waals surface area contributed by atoms with E-state index in [1.807, 2.05) is 0 Å². The third-order valence-corrected chi connectivity index (χ3v) is 1.98. The van der Waals surface area contributed by atoms with Gasteiger partial charge in [-0.2, -0.15) is 0 Å². The fourth-order valence-electron chi connectivity index (χ4n) is 1.10. The van der Waals surface area contributed by atoms with Crippen molar-refractivity contribution in [2.24, 2.45) is 14.1 Å². The monoisotopic (exact) mass is 189 g/mol. The van der Waals surface area contributed by atoms with Crippen LogP contribution in [0.1, 0.15) is 6.42 Å². The number of alkyl halides is 1. The van der Waals surface area contributed by atoms with Crippen LogP contribution in [0.25, 0.3) is 0 Å². The lowest BCUT2D eigenvalue weighted by molar-refractivity contribution is 0.439. The van der Waals surface area contributed by atoms with Crippen LogP contribution >= 0.6 is 0 Å². The number of aromatic nitrogens is 3. The molecule has 0 fully saturated rings. The van der Waals surface area contributed by atoms with E-state index in [2.05, 4.69) is 0 Å². The van der Waals surface area contributed by atoms with E-state index in [4.69, 9.17) is 0 Å². The summed E-state index contributed by atoms with van der Waals surface area (Å²) >= 11 is 0. The average Bonchev–Trinajstić information content (AvgIpc) is 2.30. The minimum Gasteiger partial charge on any atom is -0.251 e. The highest BCUT2D eigenvalue weighted by Gasteiger charge is 2.08. The van der Waals surface area contributed by atoms with Gasteiger partial charge in [0.15, 0.2) is 0 Å². The fourth-order valence-corrected chi connectivity index (χ4v) is 1.10. The molecule has 0 aliphatic carbocycles. The molecule has 0 aromatic carbocycles. The molecule has 0 aliphatic rings. The van der Waals surface area contributed by atoms with Crippen LogP contribution in [-0.2, 0) is 20.6 Å². The highest BCUT2D eigenvalue weighted by Crippen LogP contribution is 1.83. The summed E-state index contributed by atoms with van der Waals surface area (Å²) in [6.07, 6.45) is 0.194. The summed E-state index contributed by atoms with van der Waals surface area (Å²) in [5.74, 6) is 0. The Kier molecular flexibility index (Phi) is 2.69. The van der Waals surface area contributed by atoms with Crippen molar-refractivity contribution in [3.8, 4) is 0 Å². The van der Waals surface area contributed by atoms with Crippen LogP contribution in [-0.4, -0.2) is 20.6 Å². The quantitative estimate of drug-likeness (QED) is 0.628. The summed E-state index contributed by atoms with van der Waals surface area (Å²) < 4.78 is 15.2. The molecular formula is C7H12FN3O2. The van der Waals surface area contributed by atoms with Crippen molar-refractivity contribution in [1.29, 1.82) is 0 Å². The van der Waals surface area contributed by atoms with E-state index in [0.29, 0.717) is 0 Å². The van der Waals surface area contributed by atoms with Crippen LogP contribution in [0.2, 0.25) is 0 Å². The van der Waals surface area contributed by atoms with Crippen molar-refractivity contribution in [2.45, 2.75) is 13.0 Å². The molecule has 0 aliphatic heterocycles. The van der Waals surface area contributed by atoms with Gasteiger partial charge >= 0.3 is 11.4 Å². The van der Waals surface area contributed by atoms with Gasteiger partial charge in [-0.05, 0) is 6.42 Å². The van der Waals surface area contributed by atoms with E-state index in [1.165, 1.54) is 23.5 Å². The Morgan fingerprint density at radius 1 is 1.15 bits per heavy atom. The molecule has 1 aromatic rings. The Hall–Kier alpha value is -1.33. The Labute approximate surface area is 74.0 Å². The zero-order valence-corrected chi connectivity index (χ0v) is 7.66. The van der Waals surface area contributed by atoms with Crippen molar-refractivity contribution >= 4 is 0 Å². The van der Waals surface area contributed by atoms with Gasteiger partial charge in [-0.1, -0.05) is 0 Å². The first-order valence-corrected chi connectivity index (χ1v) is 3.98. The molecule has 0 radical (unpaired) electrons. The molecule has 13 heavy (non-hydrogen) atoms. The van der Waals surface area contributed by atoms with E-state index >= 15 is 0 Å². The zero-order chi connectivity index (χ0) is 10.0. The molecule has 0 spiro atoms. The van der Waals surface area contributed by atoms with E-state index in [-0.39, 0.29) is 13.0 Å². The first-order chi connectivity index (χ1) is 6.09. The molecule has 1 aromatic heterocycles. The van der Waals surface area contributed by atoms with Gasteiger partial charge in [0.25, 0.3) is 0 Å². The van der Waals surface area contributed by atoms with Crippen LogP contribution in [0.15, 0.2) is 9.59 Å². The van der Waals surface area contributed by atoms with Crippen LogP contribution < -0.4 is 11.4 Å². The molecule has 1 heterocycles. The van der Waals surface area contributed by atoms with Gasteiger partial charge in [0.05, 0.1) is 6.67 Å². The Bertz CT molecular complexity index is 367. The second-order valence-electron chi connectivity index (χ2n) is 2.81. The summed E-state index contributed by atoms with van der Waals surface area (Å²) in [5.41, 5.74) is -0.804. The van der Waals surface area contributed by atoms with E-state index in [1.54, 1.807) is 0 Å². The second kappa shape index (κ2) is 3.59. The standard InChI is InChI=1S/C7H12FN3O2/c1-9-6(12)11(5-3-4-8)7(13)10(9)2/h3-5H2,1-2H3. The zero-order valence-electron chi connectivity index (χ0n) is 7.66. The van der Waals surface area contributed by atoms with Crippen LogP contribution in [0.4, 0.5) is 4.39 Å². The van der Waals surface area contributed by atoms with Crippen molar-refractivity contribution in [2.75, 3.05) is 6.67 Å². The number of halogens is 1. The third-order valence-electron chi connectivity index (χ3n) is 1.98. The van der Waals surface area contributed by atoms with Gasteiger partial charge in [0, 0.05) is 20.6 Å². The molecule has 0 bridgehead atoms. The largest absolute Gasteiger partial charge is 0.346 e. The van der Waals surface area contributed by atoms with Crippen LogP contribution in [0, 0.1) is 0 Å². The highest BCUT2D eigenvalue weighted by molar-refractivity contribution is 4.71. The summed E-state index contributed by atoms with van der Waals surface area (Å²) in [4.78, 5) is 22.6. The first kappa shape index (κ1) is 9.76. The lowest BCUT2D eigenvalue weighted by Gasteiger charge is -1.93. The van der Waals surface area contributed by atoms with Crippen molar-refractivity contribution in [3.05, 3.63) is 21.0 Å². The lowest BCUT2D eigenvalue weighted by Crippen LogP contribution is -2.28. The lowest BCUT2D eigenvalue weighted by atomic mass is 10.5. The van der Waals surface area contributed by atoms with Gasteiger partial charge in [0.2, 0.25) is 0 Å². The van der Waals surface area contributed by atoms with Crippen molar-refractivity contribution < 1.29 is 4.39 Å². The summed E-state index contributed by atoms with van der Waals surface area (Å²) in [6, 6.07) is 0. The predicted molar refractivity (Wildman–Crippen MR) is 45.5 cm³/mol. The molecule has 0 N–H and O–H groups in total. The van der Waals surface area contributed by atoms with Crippen molar-refractivity contribution in [1.82, 2.24) is 13.9 Å². The maximum absolute atomic E-state index is 11.8. The summed E-state index contributed by atoms with van der Waals surface area (Å²) in [7, 11) is 2.99. The molecular weight excluding hydrogens is 177 g/mol. The van der Waals surface area contributed by atoms with Gasteiger partial charge in [0.1, 0.15) is 0 Å². The molecule has 0 atom stereocenters. The molecule has 0 amide bonds. The van der Waals surface area contributed by atoms with E-state index in [9.17, 15) is 14.0 Å². The second-order valence-corrected chi connectivity index (χ2v) is 2.81. The number of hydrogen-bond acceptors (Lipinski definition) is 2. The Morgan fingerprint density at radius 2 is 1.62 bits per heavy atom. The SMILES string of the molecule is Cn1c(=O)n(CCCF)c(=O)n1C. The van der Waals surface area contributed by atoms with Crippen molar-refractivity contribution in [3.63, 3.8) is 0 Å². The Balaban J connectivity index is 3.15. The van der Waals surface area contributed by atoms with Crippen LogP contribution in [0.3, 0.4) is 0 Å². The number of nitrogens with zero attached hydrogens (tertiary/aromatic N) is 3. The van der Waals surface area contributed by atoms with E-state index < -0.39 is 18.1 Å². The third kappa shape index (κ3) is 1.56. The highest BCUT2D eigenvalue weighted by atomic mass is 19.1. The molecule has 0 saturated heterocycles. The smallest absolute Gasteiger partial charge is 0.251 e. The van der Waals surface area contributed by atoms with E-state index in [0.717, 1.165) is 4.57 Å². The molecule has 1 rings (SSSR count).